The maximum absolute atomic E-state index is 17.2. The van der Waals surface area contributed by atoms with Gasteiger partial charge in [-0.2, -0.15) is 0 Å². The molecule has 0 aliphatic carbocycles. The van der Waals surface area contributed by atoms with Gasteiger partial charge >= 0.3 is 18.9 Å². The van der Waals surface area contributed by atoms with Crippen LogP contribution < -0.4 is 30.8 Å². The van der Waals surface area contributed by atoms with Crippen molar-refractivity contribution in [3.8, 4) is 22.5 Å². The van der Waals surface area contributed by atoms with E-state index in [2.05, 4.69) is 0 Å². The van der Waals surface area contributed by atoms with Crippen LogP contribution in [-0.4, -0.2) is 12.6 Å². The third-order valence-electron chi connectivity index (χ3n) is 14.4. The van der Waals surface area contributed by atoms with E-state index in [1.54, 1.807) is 0 Å². The van der Waals surface area contributed by atoms with E-state index in [4.69, 9.17) is 0 Å². The summed E-state index contributed by atoms with van der Waals surface area (Å²) < 4.78 is 325. The van der Waals surface area contributed by atoms with Crippen LogP contribution in [0, 0.1) is 128 Å². The highest BCUT2D eigenvalue weighted by Gasteiger charge is 2.65. The summed E-state index contributed by atoms with van der Waals surface area (Å²) >= 11 is 0. The summed E-state index contributed by atoms with van der Waals surface area (Å²) in [6.07, 6.45) is -10.8. The molecule has 374 valence electrons. The van der Waals surface area contributed by atoms with Crippen molar-refractivity contribution in [2.24, 2.45) is 11.8 Å². The second-order valence-corrected chi connectivity index (χ2v) is 18.3. The zero-order chi connectivity index (χ0) is 52.9. The van der Waals surface area contributed by atoms with Crippen molar-refractivity contribution >= 4 is 34.4 Å². The second kappa shape index (κ2) is 16.9. The topological polar surface area (TPSA) is 7.76 Å². The average molecular weight is 1030 g/mol. The molecular weight excluding hydrogens is 1010 g/mol. The first kappa shape index (κ1) is 50.1. The van der Waals surface area contributed by atoms with Gasteiger partial charge in [0.2, 0.25) is 0 Å². The van der Waals surface area contributed by atoms with Crippen LogP contribution in [-0.2, 0) is 0 Å². The van der Waals surface area contributed by atoms with E-state index >= 15 is 87.8 Å². The van der Waals surface area contributed by atoms with Crippen LogP contribution >= 0.6 is 0 Å². The largest absolute Gasteiger partial charge is 0.358 e. The van der Waals surface area contributed by atoms with Crippen molar-refractivity contribution in [3.63, 3.8) is 0 Å². The summed E-state index contributed by atoms with van der Waals surface area (Å²) in [5.41, 5.74) is -12.5. The zero-order valence-corrected chi connectivity index (χ0v) is 36.7. The molecule has 0 radical (unpaired) electrons. The quantitative estimate of drug-likeness (QED) is 0.0679. The van der Waals surface area contributed by atoms with Crippen LogP contribution in [0.1, 0.15) is 50.5 Å². The molecule has 72 heavy (non-hydrogen) atoms. The first-order chi connectivity index (χ1) is 33.8. The Morgan fingerprint density at radius 1 is 0.319 bits per heavy atom. The highest BCUT2D eigenvalue weighted by atomic mass is 19.2. The first-order valence-corrected chi connectivity index (χ1v) is 21.4. The second-order valence-electron chi connectivity index (χ2n) is 18.3. The van der Waals surface area contributed by atoms with E-state index in [1.165, 1.54) is 12.1 Å². The molecule has 0 amide bonds. The molecule has 24 heteroatoms. The molecule has 2 nitrogen and oxygen atoms in total. The van der Waals surface area contributed by atoms with Crippen molar-refractivity contribution in [2.75, 3.05) is 0 Å². The summed E-state index contributed by atoms with van der Waals surface area (Å²) in [5, 5.41) is 0. The fourth-order valence-electron chi connectivity index (χ4n) is 12.0. The summed E-state index contributed by atoms with van der Waals surface area (Å²) in [7, 11) is 0. The van der Waals surface area contributed by atoms with Gasteiger partial charge in [-0.15, -0.1) is 0 Å². The number of rotatable bonds is 6. The number of fused-ring (bicyclic) bond motifs is 6. The van der Waals surface area contributed by atoms with Crippen LogP contribution in [0.25, 0.3) is 22.5 Å². The minimum atomic E-state index is -5.44. The van der Waals surface area contributed by atoms with Crippen LogP contribution in [0.3, 0.4) is 0 Å². The highest BCUT2D eigenvalue weighted by molar-refractivity contribution is 6.98. The van der Waals surface area contributed by atoms with Gasteiger partial charge in [-0.1, -0.05) is 121 Å². The van der Waals surface area contributed by atoms with E-state index in [0.29, 0.717) is 6.07 Å². The average Bonchev–Trinajstić information content (AvgIpc) is 3.35. The molecule has 0 unspecified atom stereocenters. The van der Waals surface area contributed by atoms with Crippen LogP contribution in [0.15, 0.2) is 60.9 Å². The van der Waals surface area contributed by atoms with E-state index in [1.807, 2.05) is 0 Å². The zero-order valence-electron chi connectivity index (χ0n) is 36.7. The maximum atomic E-state index is 17.2. The molecule has 6 aromatic carbocycles. The van der Waals surface area contributed by atoms with Gasteiger partial charge in [0.05, 0.1) is 6.07 Å². The Balaban J connectivity index is 1.71. The Morgan fingerprint density at radius 2 is 0.528 bits per heavy atom. The van der Waals surface area contributed by atoms with Gasteiger partial charge in [0, 0.05) is 11.1 Å². The van der Waals surface area contributed by atoms with E-state index < -0.39 is 197 Å². The molecular formula is C48H26B2F20N2. The van der Waals surface area contributed by atoms with Gasteiger partial charge in [0.1, 0.15) is 46.5 Å². The van der Waals surface area contributed by atoms with Crippen molar-refractivity contribution in [3.05, 3.63) is 188 Å². The van der Waals surface area contributed by atoms with Crippen LogP contribution in [0.4, 0.5) is 87.8 Å². The molecule has 2 atom stereocenters. The molecule has 0 saturated carbocycles. The predicted octanol–water partition coefficient (Wildman–Crippen LogP) is 10.2. The molecule has 0 saturated heterocycles. The molecule has 0 N–H and O–H groups in total. The molecule has 0 fully saturated rings. The lowest BCUT2D eigenvalue weighted by Crippen LogP contribution is -2.91. The highest BCUT2D eigenvalue weighted by Crippen LogP contribution is 2.48. The molecule has 7 aromatic rings. The Hall–Kier alpha value is -6.87. The molecule has 0 spiro atoms. The van der Waals surface area contributed by atoms with Crippen molar-refractivity contribution < 1.29 is 96.8 Å². The fraction of sp³-hybridized carbons (Fsp3) is 0.167. The van der Waals surface area contributed by atoms with Gasteiger partial charge < -0.3 is 8.96 Å². The van der Waals surface area contributed by atoms with E-state index in [9.17, 15) is 0 Å². The monoisotopic (exact) mass is 1030 g/mol. The maximum Gasteiger partial charge on any atom is 0.356 e. The number of benzene rings is 6. The SMILES string of the molecule is CC(C)[C@H]1c2ccccc2-c2cc3[n+](c[n+]2[B-]1(c1c(F)c(F)c(F)c(F)c1F)c1c(F)c(F)c(F)c(F)c1F)[B-](c1c(F)c(F)c(F)c(F)c1F)(c1c(F)c(F)c(F)c(F)c1F)[C@H](C(C)C)c1ccccc1-3. The van der Waals surface area contributed by atoms with E-state index in [-0.39, 0.29) is 26.4 Å². The number of nitrogens with zero attached hydrogens (tertiary/aromatic N) is 2. The van der Waals surface area contributed by atoms with Gasteiger partial charge in [-0.3, -0.25) is 0 Å². The fourth-order valence-corrected chi connectivity index (χ4v) is 12.0. The number of hydrogen-bond acceptors (Lipinski definition) is 0. The lowest BCUT2D eigenvalue weighted by molar-refractivity contribution is -0.677. The van der Waals surface area contributed by atoms with Gasteiger partial charge in [0.25, 0.3) is 0 Å². The Kier molecular flexibility index (Phi) is 11.7. The predicted molar refractivity (Wildman–Crippen MR) is 219 cm³/mol. The van der Waals surface area contributed by atoms with Gasteiger partial charge in [-0.25, -0.2) is 87.8 Å². The molecule has 0 bridgehead atoms. The van der Waals surface area contributed by atoms with Gasteiger partial charge in [0.15, 0.2) is 81.2 Å². The minimum absolute atomic E-state index is 0.104. The first-order valence-electron chi connectivity index (χ1n) is 21.4. The molecule has 1 aromatic heterocycles. The molecule has 9 rings (SSSR count). The van der Waals surface area contributed by atoms with E-state index in [0.717, 1.165) is 64.1 Å². The standard InChI is InChI=1S/C48H26B2F20N2/c1-15(2)23-19-11-7-5-9-17(19)21-13-22-18-10-6-8-12-20(18)24(16(3)4)50(27-33(55)41(63)47(69)42(64)34(27)56,28-35(57)43(65)48(70)44(66)36(28)58)72(22)14-71(21)49(23,25-29(51)37(59)45(67)38(60)30(25)52)26-31(53)39(61)46(68)40(62)32(26)54/h5-16,23-24H,1-4H3/t23-,24+. The Labute approximate surface area is 392 Å². The normalized spacial score (nSPS) is 16.5. The van der Waals surface area contributed by atoms with Crippen molar-refractivity contribution in [1.82, 2.24) is 0 Å². The number of hydrogen-bond donors (Lipinski definition) is 0. The summed E-state index contributed by atoms with van der Waals surface area (Å²) in [4.78, 5) is 0. The van der Waals surface area contributed by atoms with Crippen molar-refractivity contribution in [2.45, 2.75) is 39.3 Å². The Bertz CT molecular complexity index is 3070. The number of halogens is 20. The lowest BCUT2D eigenvalue weighted by atomic mass is 9.17. The smallest absolute Gasteiger partial charge is 0.356 e. The molecule has 2 aliphatic heterocycles. The molecule has 2 aliphatic rings. The summed E-state index contributed by atoms with van der Waals surface area (Å²) in [6, 6.07) is 9.86. The number of aromatic nitrogens is 2. The Morgan fingerprint density at radius 3 is 0.750 bits per heavy atom. The molecule has 3 heterocycles. The lowest BCUT2D eigenvalue weighted by Gasteiger charge is -2.51. The van der Waals surface area contributed by atoms with Crippen molar-refractivity contribution in [1.29, 1.82) is 0 Å². The third-order valence-corrected chi connectivity index (χ3v) is 14.4. The minimum Gasteiger partial charge on any atom is -0.358 e. The summed E-state index contributed by atoms with van der Waals surface area (Å²) in [5.74, 6) is -66.7. The van der Waals surface area contributed by atoms with Gasteiger partial charge in [-0.05, 0) is 12.1 Å². The summed E-state index contributed by atoms with van der Waals surface area (Å²) in [6.45, 7) is 4.32. The van der Waals surface area contributed by atoms with Crippen LogP contribution in [0.5, 0.6) is 0 Å². The van der Waals surface area contributed by atoms with Crippen LogP contribution in [0.2, 0.25) is 0 Å². The third kappa shape index (κ3) is 6.15.